The summed E-state index contributed by atoms with van der Waals surface area (Å²) in [4.78, 5) is 20.6. The summed E-state index contributed by atoms with van der Waals surface area (Å²) in [7, 11) is 0. The standard InChI is InChI=1S/C12H26O.C8H6O4.2Na/c1-2-3-4-5-6-7-8-9-10-11-12-13;9-7(10)5-3-1-2-4-6(5)8(11)12;;/h13H,2-12H2,1H3;1-4H,(H,9,10)(H,11,12);;/q;;2*+1/p-2. The van der Waals surface area contributed by atoms with E-state index in [-0.39, 0.29) is 70.2 Å². The molecule has 0 aromatic heterocycles. The Hall–Kier alpha value is 0.120. The fourth-order valence-corrected chi connectivity index (χ4v) is 2.44. The molecule has 0 aliphatic rings. The SMILES string of the molecule is CCCCCCCCCCCCO.O=C([O-])c1ccccc1C(=O)[O-].[Na+].[Na+]. The first-order chi connectivity index (χ1) is 12.0. The second kappa shape index (κ2) is 22.4. The molecule has 0 bridgehead atoms. The Bertz CT molecular complexity index is 452. The Morgan fingerprint density at radius 1 is 0.741 bits per heavy atom. The largest absolute Gasteiger partial charge is 1.00 e. The molecular weight excluding hydrogens is 366 g/mol. The minimum Gasteiger partial charge on any atom is -0.545 e. The van der Waals surface area contributed by atoms with E-state index in [0.717, 1.165) is 18.6 Å². The number of hydrogen-bond donors (Lipinski definition) is 1. The number of carboxylic acids is 2. The van der Waals surface area contributed by atoms with Gasteiger partial charge in [-0.1, -0.05) is 89.0 Å². The van der Waals surface area contributed by atoms with Gasteiger partial charge in [-0.05, 0) is 6.42 Å². The van der Waals surface area contributed by atoms with Crippen LogP contribution in [0.25, 0.3) is 0 Å². The number of rotatable bonds is 12. The summed E-state index contributed by atoms with van der Waals surface area (Å²) in [6.07, 6.45) is 13.3. The van der Waals surface area contributed by atoms with E-state index >= 15 is 0 Å². The first-order valence-corrected chi connectivity index (χ1v) is 9.17. The maximum atomic E-state index is 10.3. The van der Waals surface area contributed by atoms with E-state index in [1.54, 1.807) is 0 Å². The van der Waals surface area contributed by atoms with E-state index in [4.69, 9.17) is 5.11 Å². The Labute approximate surface area is 207 Å². The number of hydrogen-bond acceptors (Lipinski definition) is 5. The van der Waals surface area contributed by atoms with Crippen LogP contribution in [0.15, 0.2) is 24.3 Å². The van der Waals surface area contributed by atoms with Crippen molar-refractivity contribution in [3.05, 3.63) is 35.4 Å². The van der Waals surface area contributed by atoms with Crippen LogP contribution in [-0.4, -0.2) is 23.7 Å². The second-order valence-corrected chi connectivity index (χ2v) is 6.03. The number of aliphatic hydroxyl groups excluding tert-OH is 1. The summed E-state index contributed by atoms with van der Waals surface area (Å²) in [5.41, 5.74) is -0.727. The van der Waals surface area contributed by atoms with Gasteiger partial charge in [0.1, 0.15) is 0 Å². The van der Waals surface area contributed by atoms with E-state index in [9.17, 15) is 19.8 Å². The third-order valence-corrected chi connectivity index (χ3v) is 3.88. The van der Waals surface area contributed by atoms with Crippen molar-refractivity contribution in [2.24, 2.45) is 0 Å². The molecule has 0 aliphatic carbocycles. The van der Waals surface area contributed by atoms with Crippen LogP contribution in [0.4, 0.5) is 0 Å². The monoisotopic (exact) mass is 396 g/mol. The smallest absolute Gasteiger partial charge is 0.545 e. The van der Waals surface area contributed by atoms with Gasteiger partial charge in [0.05, 0.1) is 11.9 Å². The summed E-state index contributed by atoms with van der Waals surface area (Å²) in [6, 6.07) is 5.14. The zero-order valence-electron chi connectivity index (χ0n) is 17.2. The molecule has 5 nitrogen and oxygen atoms in total. The molecule has 27 heavy (non-hydrogen) atoms. The number of unbranched alkanes of at least 4 members (excludes halogenated alkanes) is 9. The maximum absolute atomic E-state index is 10.3. The Kier molecular flexibility index (Phi) is 26.4. The van der Waals surface area contributed by atoms with Gasteiger partial charge < -0.3 is 24.9 Å². The van der Waals surface area contributed by atoms with Gasteiger partial charge in [-0.2, -0.15) is 0 Å². The van der Waals surface area contributed by atoms with Gasteiger partial charge in [-0.3, -0.25) is 0 Å². The van der Waals surface area contributed by atoms with Crippen molar-refractivity contribution in [3.8, 4) is 0 Å². The van der Waals surface area contributed by atoms with Crippen molar-refractivity contribution in [2.75, 3.05) is 6.61 Å². The molecule has 1 aromatic rings. The summed E-state index contributed by atoms with van der Waals surface area (Å²) < 4.78 is 0. The number of carboxylic acid groups (broad SMARTS) is 2. The van der Waals surface area contributed by atoms with Gasteiger partial charge in [0.25, 0.3) is 0 Å². The topological polar surface area (TPSA) is 100 Å². The van der Waals surface area contributed by atoms with E-state index in [0.29, 0.717) is 6.61 Å². The van der Waals surface area contributed by atoms with E-state index < -0.39 is 11.9 Å². The molecule has 1 rings (SSSR count). The fourth-order valence-electron chi connectivity index (χ4n) is 2.44. The van der Waals surface area contributed by atoms with Gasteiger partial charge in [0.2, 0.25) is 0 Å². The van der Waals surface area contributed by atoms with Gasteiger partial charge in [-0.25, -0.2) is 0 Å². The fraction of sp³-hybridized carbons (Fsp3) is 0.600. The van der Waals surface area contributed by atoms with Crippen LogP contribution in [0.3, 0.4) is 0 Å². The number of aromatic carboxylic acids is 2. The summed E-state index contributed by atoms with van der Waals surface area (Å²) in [5, 5.41) is 29.2. The molecule has 1 N–H and O–H groups in total. The molecule has 0 fully saturated rings. The van der Waals surface area contributed by atoms with E-state index in [1.165, 1.54) is 69.9 Å². The number of benzene rings is 1. The quantitative estimate of drug-likeness (QED) is 0.290. The van der Waals surface area contributed by atoms with Crippen molar-refractivity contribution < 1.29 is 84.0 Å². The average molecular weight is 396 g/mol. The first kappa shape index (κ1) is 31.8. The molecule has 0 unspecified atom stereocenters. The van der Waals surface area contributed by atoms with Crippen molar-refractivity contribution in [1.82, 2.24) is 0 Å². The molecule has 1 aromatic carbocycles. The molecule has 0 aliphatic heterocycles. The number of carbonyl (C=O) groups excluding carboxylic acids is 2. The number of carbonyl (C=O) groups is 2. The molecule has 142 valence electrons. The summed E-state index contributed by atoms with van der Waals surface area (Å²) in [5.74, 6) is -3.04. The summed E-state index contributed by atoms with van der Waals surface area (Å²) in [6.45, 7) is 2.63. The predicted octanol–water partition coefficient (Wildman–Crippen LogP) is -3.68. The second-order valence-electron chi connectivity index (χ2n) is 6.03. The normalized spacial score (nSPS) is 9.26. The van der Waals surface area contributed by atoms with Crippen molar-refractivity contribution >= 4 is 11.9 Å². The van der Waals surface area contributed by atoms with Crippen LogP contribution in [0.2, 0.25) is 0 Å². The van der Waals surface area contributed by atoms with Crippen molar-refractivity contribution in [1.29, 1.82) is 0 Å². The van der Waals surface area contributed by atoms with E-state index in [2.05, 4.69) is 6.92 Å². The molecule has 0 saturated carbocycles. The molecule has 0 heterocycles. The maximum Gasteiger partial charge on any atom is 1.00 e. The van der Waals surface area contributed by atoms with E-state index in [1.807, 2.05) is 0 Å². The van der Waals surface area contributed by atoms with Gasteiger partial charge >= 0.3 is 59.1 Å². The average Bonchev–Trinajstić information content (AvgIpc) is 2.61. The Morgan fingerprint density at radius 2 is 1.07 bits per heavy atom. The molecule has 0 radical (unpaired) electrons. The van der Waals surface area contributed by atoms with Gasteiger partial charge in [0.15, 0.2) is 0 Å². The van der Waals surface area contributed by atoms with Crippen LogP contribution in [0.1, 0.15) is 91.8 Å². The third kappa shape index (κ3) is 17.9. The molecule has 0 spiro atoms. The molecule has 0 atom stereocenters. The van der Waals surface area contributed by atoms with Crippen LogP contribution in [-0.2, 0) is 0 Å². The van der Waals surface area contributed by atoms with Crippen LogP contribution in [0, 0.1) is 0 Å². The predicted molar refractivity (Wildman–Crippen MR) is 94.0 cm³/mol. The molecule has 0 saturated heterocycles. The zero-order chi connectivity index (χ0) is 18.9. The minimum atomic E-state index is -1.52. The summed E-state index contributed by atoms with van der Waals surface area (Å²) >= 11 is 0. The van der Waals surface area contributed by atoms with Gasteiger partial charge in [0, 0.05) is 17.7 Å². The third-order valence-electron chi connectivity index (χ3n) is 3.88. The van der Waals surface area contributed by atoms with Gasteiger partial charge in [-0.15, -0.1) is 0 Å². The molecule has 0 amide bonds. The first-order valence-electron chi connectivity index (χ1n) is 9.17. The van der Waals surface area contributed by atoms with Crippen molar-refractivity contribution in [2.45, 2.75) is 71.1 Å². The van der Waals surface area contributed by atoms with Crippen LogP contribution < -0.4 is 69.3 Å². The van der Waals surface area contributed by atoms with Crippen molar-refractivity contribution in [3.63, 3.8) is 0 Å². The molecule has 7 heteroatoms. The van der Waals surface area contributed by atoms with Crippen LogP contribution in [0.5, 0.6) is 0 Å². The van der Waals surface area contributed by atoms with Crippen LogP contribution >= 0.6 is 0 Å². The Balaban J connectivity index is -0.000000398. The number of aliphatic hydroxyl groups is 1. The Morgan fingerprint density at radius 3 is 1.37 bits per heavy atom. The molecular formula is C20H30Na2O5. The minimum absolute atomic E-state index is 0. The zero-order valence-corrected chi connectivity index (χ0v) is 21.2.